The fourth-order valence-electron chi connectivity index (χ4n) is 2.85. The summed E-state index contributed by atoms with van der Waals surface area (Å²) < 4.78 is 32.3. The van der Waals surface area contributed by atoms with Crippen molar-refractivity contribution in [2.45, 2.75) is 16.5 Å². The molecule has 0 fully saturated rings. The third kappa shape index (κ3) is 4.21. The van der Waals surface area contributed by atoms with Crippen LogP contribution in [0.5, 0.6) is 0 Å². The summed E-state index contributed by atoms with van der Waals surface area (Å²) in [5.74, 6) is 0.244. The van der Waals surface area contributed by atoms with Gasteiger partial charge in [-0.3, -0.25) is 0 Å². The molecule has 0 bridgehead atoms. The largest absolute Gasteiger partial charge is 0.419 e. The summed E-state index contributed by atoms with van der Waals surface area (Å²) in [6, 6.07) is 22.3. The van der Waals surface area contributed by atoms with Gasteiger partial charge in [0.05, 0.1) is 4.90 Å². The Bertz CT molecular complexity index is 1270. The van der Waals surface area contributed by atoms with Crippen LogP contribution in [0.4, 0.5) is 5.88 Å². The Hall–Kier alpha value is -2.80. The van der Waals surface area contributed by atoms with E-state index in [9.17, 15) is 8.42 Å². The second-order valence-corrected chi connectivity index (χ2v) is 9.13. The van der Waals surface area contributed by atoms with E-state index in [2.05, 4.69) is 10.3 Å². The van der Waals surface area contributed by atoms with Gasteiger partial charge in [0, 0.05) is 22.2 Å². The molecule has 0 aliphatic heterocycles. The van der Waals surface area contributed by atoms with E-state index in [0.717, 1.165) is 5.56 Å². The minimum atomic E-state index is -3.95. The number of oxazole rings is 1. The van der Waals surface area contributed by atoms with Crippen LogP contribution in [-0.4, -0.2) is 13.4 Å². The molecule has 0 spiro atoms. The van der Waals surface area contributed by atoms with Gasteiger partial charge in [-0.15, -0.1) is 0 Å². The van der Waals surface area contributed by atoms with Crippen molar-refractivity contribution in [1.82, 2.24) is 4.98 Å². The molecule has 0 radical (unpaired) electrons. The normalized spacial score (nSPS) is 11.4. The SMILES string of the molecule is O=S(=O)(c1ccc(Cl)cc1)c1nc(-c2ccccc2)oc1NCc1ccccc1Cl. The maximum absolute atomic E-state index is 13.3. The number of rotatable bonds is 6. The van der Waals surface area contributed by atoms with E-state index in [-0.39, 0.29) is 28.2 Å². The van der Waals surface area contributed by atoms with Crippen LogP contribution < -0.4 is 5.32 Å². The third-order valence-electron chi connectivity index (χ3n) is 4.39. The van der Waals surface area contributed by atoms with Gasteiger partial charge >= 0.3 is 0 Å². The van der Waals surface area contributed by atoms with Crippen molar-refractivity contribution >= 4 is 38.9 Å². The van der Waals surface area contributed by atoms with Crippen molar-refractivity contribution in [2.75, 3.05) is 5.32 Å². The smallest absolute Gasteiger partial charge is 0.234 e. The monoisotopic (exact) mass is 458 g/mol. The van der Waals surface area contributed by atoms with Crippen LogP contribution in [0.1, 0.15) is 5.56 Å². The lowest BCUT2D eigenvalue weighted by atomic mass is 10.2. The summed E-state index contributed by atoms with van der Waals surface area (Å²) in [5.41, 5.74) is 1.46. The molecule has 0 saturated carbocycles. The van der Waals surface area contributed by atoms with Gasteiger partial charge in [-0.2, -0.15) is 4.98 Å². The molecular formula is C22H16Cl2N2O3S. The number of sulfone groups is 1. The van der Waals surface area contributed by atoms with E-state index >= 15 is 0 Å². The van der Waals surface area contributed by atoms with E-state index in [0.29, 0.717) is 15.6 Å². The van der Waals surface area contributed by atoms with Crippen molar-refractivity contribution in [3.05, 3.63) is 94.5 Å². The Morgan fingerprint density at radius 1 is 0.867 bits per heavy atom. The van der Waals surface area contributed by atoms with E-state index < -0.39 is 9.84 Å². The van der Waals surface area contributed by atoms with Crippen LogP contribution in [0.3, 0.4) is 0 Å². The molecule has 1 heterocycles. The van der Waals surface area contributed by atoms with Gasteiger partial charge in [-0.1, -0.05) is 59.6 Å². The lowest BCUT2D eigenvalue weighted by molar-refractivity contribution is 0.577. The summed E-state index contributed by atoms with van der Waals surface area (Å²) in [4.78, 5) is 4.37. The van der Waals surface area contributed by atoms with Crippen LogP contribution in [0.15, 0.2) is 93.2 Å². The highest BCUT2D eigenvalue weighted by Crippen LogP contribution is 2.33. The highest BCUT2D eigenvalue weighted by Gasteiger charge is 2.28. The standard InChI is InChI=1S/C22H16Cl2N2O3S/c23-17-10-12-18(13-11-17)30(27,28)22-21(25-14-16-8-4-5-9-19(16)24)29-20(26-22)15-6-2-1-3-7-15/h1-13,25H,14H2. The lowest BCUT2D eigenvalue weighted by Crippen LogP contribution is -2.07. The fourth-order valence-corrected chi connectivity index (χ4v) is 4.45. The summed E-state index contributed by atoms with van der Waals surface area (Å²) in [5, 5.41) is 3.84. The van der Waals surface area contributed by atoms with Crippen molar-refractivity contribution in [3.63, 3.8) is 0 Å². The predicted molar refractivity (Wildman–Crippen MR) is 118 cm³/mol. The Morgan fingerprint density at radius 3 is 2.23 bits per heavy atom. The molecule has 0 unspecified atom stereocenters. The van der Waals surface area contributed by atoms with Crippen molar-refractivity contribution in [2.24, 2.45) is 0 Å². The van der Waals surface area contributed by atoms with Crippen molar-refractivity contribution < 1.29 is 12.8 Å². The second-order valence-electron chi connectivity index (χ2n) is 6.42. The highest BCUT2D eigenvalue weighted by atomic mass is 35.5. The lowest BCUT2D eigenvalue weighted by Gasteiger charge is -2.07. The maximum atomic E-state index is 13.3. The average molecular weight is 459 g/mol. The van der Waals surface area contributed by atoms with E-state index in [1.165, 1.54) is 24.3 Å². The Kier molecular flexibility index (Phi) is 5.81. The number of nitrogens with zero attached hydrogens (tertiary/aromatic N) is 1. The summed E-state index contributed by atoms with van der Waals surface area (Å²) in [6.07, 6.45) is 0. The molecule has 0 amide bonds. The molecule has 4 aromatic rings. The molecule has 0 aliphatic rings. The number of benzene rings is 3. The minimum Gasteiger partial charge on any atom is -0.419 e. The van der Waals surface area contributed by atoms with E-state index in [1.54, 1.807) is 18.2 Å². The molecule has 152 valence electrons. The van der Waals surface area contributed by atoms with Gasteiger partial charge in [-0.25, -0.2) is 8.42 Å². The van der Waals surface area contributed by atoms with Gasteiger partial charge in [0.25, 0.3) is 0 Å². The fraction of sp³-hybridized carbons (Fsp3) is 0.0455. The highest BCUT2D eigenvalue weighted by molar-refractivity contribution is 7.91. The number of nitrogens with one attached hydrogen (secondary N) is 1. The topological polar surface area (TPSA) is 72.2 Å². The zero-order valence-electron chi connectivity index (χ0n) is 15.5. The molecule has 4 rings (SSSR count). The molecule has 1 aromatic heterocycles. The average Bonchev–Trinajstić information content (AvgIpc) is 3.19. The van der Waals surface area contributed by atoms with E-state index in [4.69, 9.17) is 27.6 Å². The number of aromatic nitrogens is 1. The zero-order valence-corrected chi connectivity index (χ0v) is 17.9. The van der Waals surface area contributed by atoms with E-state index in [1.807, 2.05) is 36.4 Å². The number of hydrogen-bond acceptors (Lipinski definition) is 5. The minimum absolute atomic E-state index is 0.0451. The van der Waals surface area contributed by atoms with Gasteiger partial charge in [-0.05, 0) is 48.0 Å². The quantitative estimate of drug-likeness (QED) is 0.378. The second kappa shape index (κ2) is 8.52. The first-order valence-electron chi connectivity index (χ1n) is 8.99. The molecular weight excluding hydrogens is 443 g/mol. The first-order chi connectivity index (χ1) is 14.4. The molecule has 0 saturated heterocycles. The molecule has 3 aromatic carbocycles. The zero-order chi connectivity index (χ0) is 21.1. The van der Waals surface area contributed by atoms with Crippen molar-refractivity contribution in [3.8, 4) is 11.5 Å². The summed E-state index contributed by atoms with van der Waals surface area (Å²) >= 11 is 12.1. The Labute approximate surface area is 184 Å². The van der Waals surface area contributed by atoms with Crippen LogP contribution in [0.25, 0.3) is 11.5 Å². The summed E-state index contributed by atoms with van der Waals surface area (Å²) in [6.45, 7) is 0.270. The third-order valence-corrected chi connectivity index (χ3v) is 6.69. The predicted octanol–water partition coefficient (Wildman–Crippen LogP) is 6.09. The van der Waals surface area contributed by atoms with Gasteiger partial charge < -0.3 is 9.73 Å². The number of anilines is 1. The summed E-state index contributed by atoms with van der Waals surface area (Å²) in [7, 11) is -3.95. The van der Waals surface area contributed by atoms with Crippen LogP contribution in [-0.2, 0) is 16.4 Å². The molecule has 0 aliphatic carbocycles. The first-order valence-corrected chi connectivity index (χ1v) is 11.2. The first kappa shape index (κ1) is 20.5. The van der Waals surface area contributed by atoms with Crippen LogP contribution in [0, 0.1) is 0 Å². The van der Waals surface area contributed by atoms with Crippen LogP contribution in [0.2, 0.25) is 10.0 Å². The number of halogens is 2. The molecule has 5 nitrogen and oxygen atoms in total. The maximum Gasteiger partial charge on any atom is 0.234 e. The molecule has 30 heavy (non-hydrogen) atoms. The van der Waals surface area contributed by atoms with Gasteiger partial charge in [0.1, 0.15) is 0 Å². The Morgan fingerprint density at radius 2 is 1.53 bits per heavy atom. The molecule has 0 atom stereocenters. The molecule has 8 heteroatoms. The number of hydrogen-bond donors (Lipinski definition) is 1. The van der Waals surface area contributed by atoms with Crippen LogP contribution >= 0.6 is 23.2 Å². The van der Waals surface area contributed by atoms with Crippen molar-refractivity contribution in [1.29, 1.82) is 0 Å². The van der Waals surface area contributed by atoms with Gasteiger partial charge in [0.15, 0.2) is 0 Å². The van der Waals surface area contributed by atoms with Gasteiger partial charge in [0.2, 0.25) is 26.6 Å². The Balaban J connectivity index is 1.76. The molecule has 1 N–H and O–H groups in total.